The van der Waals surface area contributed by atoms with E-state index in [1.807, 2.05) is 18.1 Å². The lowest BCUT2D eigenvalue weighted by atomic mass is 9.96. The molecule has 2 aromatic heterocycles. The Balaban J connectivity index is 0.00000192. The first-order chi connectivity index (χ1) is 13.1. The summed E-state index contributed by atoms with van der Waals surface area (Å²) in [5, 5.41) is 4.88. The average Bonchev–Trinajstić information content (AvgIpc) is 3.37. The van der Waals surface area contributed by atoms with Gasteiger partial charge in [-0.15, -0.1) is 12.4 Å². The van der Waals surface area contributed by atoms with Gasteiger partial charge in [0.05, 0.1) is 11.7 Å². The lowest BCUT2D eigenvalue weighted by molar-refractivity contribution is -0.131. The molecule has 2 saturated heterocycles. The molecule has 1 aromatic carbocycles. The van der Waals surface area contributed by atoms with E-state index in [1.54, 1.807) is 0 Å². The Hall–Kier alpha value is -2.37. The summed E-state index contributed by atoms with van der Waals surface area (Å²) in [4.78, 5) is 19.1. The van der Waals surface area contributed by atoms with Crippen LogP contribution >= 0.6 is 12.4 Å². The van der Waals surface area contributed by atoms with Crippen molar-refractivity contribution in [3.63, 3.8) is 0 Å². The van der Waals surface area contributed by atoms with Gasteiger partial charge in [0.25, 0.3) is 0 Å². The molecule has 5 nitrogen and oxygen atoms in total. The average molecular weight is 397 g/mol. The Labute approximate surface area is 171 Å². The molecule has 0 radical (unpaired) electrons. The van der Waals surface area contributed by atoms with Crippen molar-refractivity contribution in [2.75, 3.05) is 13.6 Å². The first-order valence-corrected chi connectivity index (χ1v) is 9.61. The number of fused-ring (bicyclic) bond motifs is 1. The van der Waals surface area contributed by atoms with Gasteiger partial charge in [-0.3, -0.25) is 15.1 Å². The van der Waals surface area contributed by atoms with Gasteiger partial charge < -0.3 is 9.47 Å². The van der Waals surface area contributed by atoms with Crippen LogP contribution in [0.4, 0.5) is 0 Å². The molecule has 2 aliphatic heterocycles. The fraction of sp³-hybridized carbons (Fsp3) is 0.364. The van der Waals surface area contributed by atoms with Crippen molar-refractivity contribution < 1.29 is 4.79 Å². The monoisotopic (exact) mass is 396 g/mol. The second-order valence-electron chi connectivity index (χ2n) is 7.93. The molecule has 0 bridgehead atoms. The lowest BCUT2D eigenvalue weighted by Gasteiger charge is -2.23. The second kappa shape index (κ2) is 6.90. The van der Waals surface area contributed by atoms with Gasteiger partial charge in [-0.1, -0.05) is 12.1 Å². The number of hydrogen-bond acceptors (Lipinski definition) is 3. The first-order valence-electron chi connectivity index (χ1n) is 9.61. The molecular formula is C22H25ClN4O. The van der Waals surface area contributed by atoms with Crippen LogP contribution in [0.1, 0.15) is 31.0 Å². The molecule has 5 rings (SSSR count). The molecule has 4 heterocycles. The Morgan fingerprint density at radius 2 is 2.04 bits per heavy atom. The molecule has 1 spiro atoms. The largest absolute Gasteiger partial charge is 0.351 e. The number of aryl methyl sites for hydroxylation is 1. The number of likely N-dealkylation sites (N-methyl/N-ethyl adjacent to an activating group) is 1. The van der Waals surface area contributed by atoms with E-state index < -0.39 is 0 Å². The van der Waals surface area contributed by atoms with Crippen molar-refractivity contribution in [3.05, 3.63) is 54.5 Å². The maximum Gasteiger partial charge on any atom is 0.242 e. The van der Waals surface area contributed by atoms with Crippen LogP contribution in [0.2, 0.25) is 0 Å². The standard InChI is InChI=1S/C22H24N4O.ClH/c1-25-12-8-17-16(4-3-5-20(17)25)15-7-11-23-19(14-15)18-6-9-22(24-18)10-13-26(2)21(22)27;/h3-5,7-8,11-12,14,18,24H,6,9-10,13H2,1-2H3;1H/t18-,22-;/m1./s1. The molecule has 6 heteroatoms. The molecule has 1 N–H and O–H groups in total. The third kappa shape index (κ3) is 2.81. The minimum Gasteiger partial charge on any atom is -0.351 e. The lowest BCUT2D eigenvalue weighted by Crippen LogP contribution is -2.47. The number of hydrogen-bond donors (Lipinski definition) is 1. The fourth-order valence-electron chi connectivity index (χ4n) is 4.75. The summed E-state index contributed by atoms with van der Waals surface area (Å²) < 4.78 is 2.14. The van der Waals surface area contributed by atoms with E-state index in [0.717, 1.165) is 31.5 Å². The highest BCUT2D eigenvalue weighted by Crippen LogP contribution is 2.39. The minimum atomic E-state index is -0.378. The molecule has 3 aromatic rings. The minimum absolute atomic E-state index is 0. The predicted octanol–water partition coefficient (Wildman–Crippen LogP) is 3.69. The zero-order valence-electron chi connectivity index (χ0n) is 16.2. The van der Waals surface area contributed by atoms with Crippen molar-refractivity contribution >= 4 is 29.2 Å². The maximum absolute atomic E-state index is 12.6. The number of nitrogens with zero attached hydrogens (tertiary/aromatic N) is 3. The van der Waals surface area contributed by atoms with Gasteiger partial charge in [-0.25, -0.2) is 0 Å². The fourth-order valence-corrected chi connectivity index (χ4v) is 4.75. The molecular weight excluding hydrogens is 372 g/mol. The topological polar surface area (TPSA) is 50.2 Å². The number of benzene rings is 1. The Morgan fingerprint density at radius 1 is 1.18 bits per heavy atom. The van der Waals surface area contributed by atoms with Gasteiger partial charge >= 0.3 is 0 Å². The van der Waals surface area contributed by atoms with Crippen LogP contribution in [0.3, 0.4) is 0 Å². The summed E-state index contributed by atoms with van der Waals surface area (Å²) in [6.07, 6.45) is 6.72. The van der Waals surface area contributed by atoms with Crippen LogP contribution in [-0.2, 0) is 11.8 Å². The van der Waals surface area contributed by atoms with E-state index in [2.05, 4.69) is 64.5 Å². The first kappa shape index (κ1) is 19.0. The zero-order valence-corrected chi connectivity index (χ0v) is 17.0. The van der Waals surface area contributed by atoms with Crippen LogP contribution in [0.25, 0.3) is 22.0 Å². The molecule has 2 aliphatic rings. The number of rotatable bonds is 2. The summed E-state index contributed by atoms with van der Waals surface area (Å²) >= 11 is 0. The number of likely N-dealkylation sites (tertiary alicyclic amines) is 1. The van der Waals surface area contributed by atoms with Crippen molar-refractivity contribution in [1.82, 2.24) is 19.8 Å². The van der Waals surface area contributed by atoms with E-state index in [9.17, 15) is 4.79 Å². The van der Waals surface area contributed by atoms with Crippen LogP contribution in [0, 0.1) is 0 Å². The van der Waals surface area contributed by atoms with E-state index in [-0.39, 0.29) is 29.9 Å². The molecule has 1 amide bonds. The van der Waals surface area contributed by atoms with Gasteiger partial charge in [0, 0.05) is 43.9 Å². The van der Waals surface area contributed by atoms with E-state index in [0.29, 0.717) is 0 Å². The van der Waals surface area contributed by atoms with Gasteiger partial charge in [0.15, 0.2) is 0 Å². The summed E-state index contributed by atoms with van der Waals surface area (Å²) in [6, 6.07) is 13.0. The van der Waals surface area contributed by atoms with Gasteiger partial charge in [0.2, 0.25) is 5.91 Å². The highest BCUT2D eigenvalue weighted by atomic mass is 35.5. The van der Waals surface area contributed by atoms with Crippen molar-refractivity contribution in [3.8, 4) is 11.1 Å². The molecule has 146 valence electrons. The third-order valence-corrected chi connectivity index (χ3v) is 6.32. The molecule has 2 atom stereocenters. The normalized spacial score (nSPS) is 24.3. The Kier molecular flexibility index (Phi) is 4.68. The smallest absolute Gasteiger partial charge is 0.242 e. The predicted molar refractivity (Wildman–Crippen MR) is 113 cm³/mol. The van der Waals surface area contributed by atoms with Crippen LogP contribution < -0.4 is 5.32 Å². The quantitative estimate of drug-likeness (QED) is 0.718. The Morgan fingerprint density at radius 3 is 2.82 bits per heavy atom. The summed E-state index contributed by atoms with van der Waals surface area (Å²) in [6.45, 7) is 0.835. The number of nitrogens with one attached hydrogen (secondary N) is 1. The summed E-state index contributed by atoms with van der Waals surface area (Å²) in [7, 11) is 3.97. The summed E-state index contributed by atoms with van der Waals surface area (Å²) in [5.74, 6) is 0.232. The van der Waals surface area contributed by atoms with E-state index in [1.165, 1.54) is 22.0 Å². The number of halogens is 1. The van der Waals surface area contributed by atoms with E-state index >= 15 is 0 Å². The molecule has 0 unspecified atom stereocenters. The number of carbonyl (C=O) groups excluding carboxylic acids is 1. The third-order valence-electron chi connectivity index (χ3n) is 6.32. The van der Waals surface area contributed by atoms with Gasteiger partial charge in [-0.05, 0) is 54.7 Å². The highest BCUT2D eigenvalue weighted by molar-refractivity contribution is 5.95. The molecule has 0 saturated carbocycles. The number of pyridine rings is 1. The number of carbonyl (C=O) groups is 1. The molecule has 28 heavy (non-hydrogen) atoms. The van der Waals surface area contributed by atoms with Crippen LogP contribution in [-0.4, -0.2) is 39.5 Å². The highest BCUT2D eigenvalue weighted by Gasteiger charge is 2.50. The summed E-state index contributed by atoms with van der Waals surface area (Å²) in [5.41, 5.74) is 4.27. The second-order valence-corrected chi connectivity index (χ2v) is 7.93. The van der Waals surface area contributed by atoms with Crippen LogP contribution in [0.15, 0.2) is 48.8 Å². The number of amides is 1. The van der Waals surface area contributed by atoms with Gasteiger partial charge in [-0.2, -0.15) is 0 Å². The molecule has 0 aliphatic carbocycles. The van der Waals surface area contributed by atoms with Crippen LogP contribution in [0.5, 0.6) is 0 Å². The number of aromatic nitrogens is 2. The zero-order chi connectivity index (χ0) is 18.6. The van der Waals surface area contributed by atoms with Crippen molar-refractivity contribution in [1.29, 1.82) is 0 Å². The van der Waals surface area contributed by atoms with Crippen molar-refractivity contribution in [2.24, 2.45) is 7.05 Å². The van der Waals surface area contributed by atoms with Crippen molar-refractivity contribution in [2.45, 2.75) is 30.8 Å². The SMILES string of the molecule is CN1CC[C@]2(CC[C@H](c3cc(-c4cccc5c4ccn5C)ccn3)N2)C1=O.Cl. The van der Waals surface area contributed by atoms with E-state index in [4.69, 9.17) is 0 Å². The molecule has 2 fully saturated rings. The Bertz CT molecular complexity index is 1050. The maximum atomic E-state index is 12.6. The van der Waals surface area contributed by atoms with Gasteiger partial charge in [0.1, 0.15) is 5.54 Å².